The van der Waals surface area contributed by atoms with Gasteiger partial charge in [0.2, 0.25) is 0 Å². The van der Waals surface area contributed by atoms with Crippen LogP contribution in [-0.2, 0) is 0 Å². The van der Waals surface area contributed by atoms with E-state index in [9.17, 15) is 4.39 Å². The van der Waals surface area contributed by atoms with Crippen molar-refractivity contribution in [1.29, 1.82) is 0 Å². The van der Waals surface area contributed by atoms with Gasteiger partial charge in [0, 0.05) is 6.07 Å². The van der Waals surface area contributed by atoms with E-state index in [2.05, 4.69) is 0 Å². The first-order valence-electron chi connectivity index (χ1n) is 4.44. The molecule has 2 N–H and O–H groups in total. The molecular weight excluding hydrogens is 185 g/mol. The van der Waals surface area contributed by atoms with Gasteiger partial charge in [0.05, 0.1) is 13.7 Å². The Kier molecular flexibility index (Phi) is 4.19. The zero-order valence-electron chi connectivity index (χ0n) is 8.13. The highest BCUT2D eigenvalue weighted by atomic mass is 19.1. The first-order valence-corrected chi connectivity index (χ1v) is 4.44. The van der Waals surface area contributed by atoms with Crippen LogP contribution in [0.4, 0.5) is 4.39 Å². The van der Waals surface area contributed by atoms with Crippen molar-refractivity contribution in [2.24, 2.45) is 5.73 Å². The summed E-state index contributed by atoms with van der Waals surface area (Å²) in [5.74, 6) is 0.609. The Morgan fingerprint density at radius 1 is 1.36 bits per heavy atom. The molecule has 0 bridgehead atoms. The van der Waals surface area contributed by atoms with Gasteiger partial charge < -0.3 is 15.2 Å². The third-order valence-electron chi connectivity index (χ3n) is 1.73. The maximum Gasteiger partial charge on any atom is 0.163 e. The van der Waals surface area contributed by atoms with Gasteiger partial charge in [0.25, 0.3) is 0 Å². The summed E-state index contributed by atoms with van der Waals surface area (Å²) in [6, 6.07) is 4.17. The minimum Gasteiger partial charge on any atom is -0.493 e. The maximum atomic E-state index is 12.8. The van der Waals surface area contributed by atoms with Crippen LogP contribution in [0, 0.1) is 5.82 Å². The van der Waals surface area contributed by atoms with Crippen LogP contribution in [-0.4, -0.2) is 20.3 Å². The Morgan fingerprint density at radius 2 is 2.14 bits per heavy atom. The lowest BCUT2D eigenvalue weighted by atomic mass is 10.3. The van der Waals surface area contributed by atoms with Crippen LogP contribution >= 0.6 is 0 Å². The quantitative estimate of drug-likeness (QED) is 0.732. The van der Waals surface area contributed by atoms with E-state index in [0.29, 0.717) is 24.7 Å². The first-order chi connectivity index (χ1) is 6.77. The summed E-state index contributed by atoms with van der Waals surface area (Å²) < 4.78 is 23.1. The van der Waals surface area contributed by atoms with Crippen molar-refractivity contribution >= 4 is 0 Å². The first kappa shape index (κ1) is 10.8. The Labute approximate surface area is 82.6 Å². The number of ether oxygens (including phenoxy) is 2. The van der Waals surface area contributed by atoms with Gasteiger partial charge in [-0.25, -0.2) is 4.39 Å². The number of nitrogens with two attached hydrogens (primary N) is 1. The lowest BCUT2D eigenvalue weighted by molar-refractivity contribution is 0.290. The van der Waals surface area contributed by atoms with Crippen LogP contribution < -0.4 is 15.2 Å². The molecule has 0 heterocycles. The van der Waals surface area contributed by atoms with Crippen molar-refractivity contribution in [2.45, 2.75) is 6.42 Å². The number of hydrogen-bond acceptors (Lipinski definition) is 3. The second-order valence-corrected chi connectivity index (χ2v) is 2.79. The molecule has 0 atom stereocenters. The standard InChI is InChI=1S/C10H14FNO2/c1-13-10-7-8(11)3-4-9(10)14-6-2-5-12/h3-4,7H,2,5-6,12H2,1H3. The molecule has 0 aliphatic heterocycles. The Hall–Kier alpha value is -1.29. The van der Waals surface area contributed by atoms with Gasteiger partial charge in [0.15, 0.2) is 11.5 Å². The lowest BCUT2D eigenvalue weighted by Gasteiger charge is -2.09. The Bertz CT molecular complexity index is 291. The summed E-state index contributed by atoms with van der Waals surface area (Å²) >= 11 is 0. The Morgan fingerprint density at radius 3 is 2.79 bits per heavy atom. The molecule has 1 aromatic rings. The van der Waals surface area contributed by atoms with Crippen LogP contribution in [0.2, 0.25) is 0 Å². The van der Waals surface area contributed by atoms with Gasteiger partial charge in [-0.05, 0) is 25.1 Å². The highest BCUT2D eigenvalue weighted by molar-refractivity contribution is 5.39. The van der Waals surface area contributed by atoms with Gasteiger partial charge in [-0.3, -0.25) is 0 Å². The van der Waals surface area contributed by atoms with Gasteiger partial charge in [-0.15, -0.1) is 0 Å². The SMILES string of the molecule is COc1cc(F)ccc1OCCCN. The van der Waals surface area contributed by atoms with Crippen LogP contribution in [0.1, 0.15) is 6.42 Å². The van der Waals surface area contributed by atoms with Gasteiger partial charge in [0.1, 0.15) is 5.82 Å². The maximum absolute atomic E-state index is 12.8. The third kappa shape index (κ3) is 2.88. The van der Waals surface area contributed by atoms with Crippen LogP contribution in [0.3, 0.4) is 0 Å². The molecule has 78 valence electrons. The fourth-order valence-electron chi connectivity index (χ4n) is 1.03. The highest BCUT2D eigenvalue weighted by Crippen LogP contribution is 2.27. The Balaban J connectivity index is 2.65. The van der Waals surface area contributed by atoms with E-state index >= 15 is 0 Å². The number of benzene rings is 1. The van der Waals surface area contributed by atoms with Crippen molar-refractivity contribution in [1.82, 2.24) is 0 Å². The van der Waals surface area contributed by atoms with E-state index in [1.54, 1.807) is 6.07 Å². The predicted molar refractivity (Wildman–Crippen MR) is 52.1 cm³/mol. The fourth-order valence-corrected chi connectivity index (χ4v) is 1.03. The molecule has 0 aliphatic rings. The zero-order chi connectivity index (χ0) is 10.4. The molecule has 0 aromatic heterocycles. The van der Waals surface area contributed by atoms with E-state index in [1.165, 1.54) is 19.2 Å². The number of methoxy groups -OCH3 is 1. The van der Waals surface area contributed by atoms with E-state index < -0.39 is 0 Å². The lowest BCUT2D eigenvalue weighted by Crippen LogP contribution is -2.06. The molecule has 3 nitrogen and oxygen atoms in total. The van der Waals surface area contributed by atoms with Crippen molar-refractivity contribution in [3.8, 4) is 11.5 Å². The molecule has 14 heavy (non-hydrogen) atoms. The van der Waals surface area contributed by atoms with E-state index in [0.717, 1.165) is 6.42 Å². The molecule has 0 saturated carbocycles. The molecule has 0 unspecified atom stereocenters. The molecule has 1 aromatic carbocycles. The van der Waals surface area contributed by atoms with Gasteiger partial charge in [-0.2, -0.15) is 0 Å². The van der Waals surface area contributed by atoms with Gasteiger partial charge >= 0.3 is 0 Å². The monoisotopic (exact) mass is 199 g/mol. The van der Waals surface area contributed by atoms with E-state index in [4.69, 9.17) is 15.2 Å². The van der Waals surface area contributed by atoms with Gasteiger partial charge in [-0.1, -0.05) is 0 Å². The summed E-state index contributed by atoms with van der Waals surface area (Å²) in [5.41, 5.74) is 5.32. The molecule has 0 amide bonds. The van der Waals surface area contributed by atoms with Crippen molar-refractivity contribution < 1.29 is 13.9 Å². The predicted octanol–water partition coefficient (Wildman–Crippen LogP) is 1.56. The summed E-state index contributed by atoms with van der Waals surface area (Å²) in [7, 11) is 1.48. The number of rotatable bonds is 5. The zero-order valence-corrected chi connectivity index (χ0v) is 8.13. The van der Waals surface area contributed by atoms with E-state index in [1.807, 2.05) is 0 Å². The van der Waals surface area contributed by atoms with Crippen LogP contribution in [0.25, 0.3) is 0 Å². The molecule has 0 fully saturated rings. The summed E-state index contributed by atoms with van der Waals surface area (Å²) in [5, 5.41) is 0. The van der Waals surface area contributed by atoms with Crippen LogP contribution in [0.5, 0.6) is 11.5 Å². The summed E-state index contributed by atoms with van der Waals surface area (Å²) in [4.78, 5) is 0. The number of hydrogen-bond donors (Lipinski definition) is 1. The third-order valence-corrected chi connectivity index (χ3v) is 1.73. The average Bonchev–Trinajstić information content (AvgIpc) is 2.20. The molecule has 0 spiro atoms. The van der Waals surface area contributed by atoms with E-state index in [-0.39, 0.29) is 5.82 Å². The molecule has 0 radical (unpaired) electrons. The normalized spacial score (nSPS) is 9.93. The van der Waals surface area contributed by atoms with Crippen molar-refractivity contribution in [3.63, 3.8) is 0 Å². The number of halogens is 1. The fraction of sp³-hybridized carbons (Fsp3) is 0.400. The second-order valence-electron chi connectivity index (χ2n) is 2.79. The average molecular weight is 199 g/mol. The molecule has 0 saturated heterocycles. The largest absolute Gasteiger partial charge is 0.493 e. The van der Waals surface area contributed by atoms with Crippen molar-refractivity contribution in [3.05, 3.63) is 24.0 Å². The smallest absolute Gasteiger partial charge is 0.163 e. The minimum atomic E-state index is -0.340. The molecular formula is C10H14FNO2. The van der Waals surface area contributed by atoms with Crippen LogP contribution in [0.15, 0.2) is 18.2 Å². The molecule has 1 rings (SSSR count). The minimum absolute atomic E-state index is 0.340. The van der Waals surface area contributed by atoms with Crippen molar-refractivity contribution in [2.75, 3.05) is 20.3 Å². The highest BCUT2D eigenvalue weighted by Gasteiger charge is 2.04. The molecule has 0 aliphatic carbocycles. The topological polar surface area (TPSA) is 44.5 Å². The summed E-state index contributed by atoms with van der Waals surface area (Å²) in [6.07, 6.45) is 0.764. The molecule has 4 heteroatoms. The summed E-state index contributed by atoms with van der Waals surface area (Å²) in [6.45, 7) is 1.09. The second kappa shape index (κ2) is 5.44.